The topological polar surface area (TPSA) is 52.6 Å². The van der Waals surface area contributed by atoms with Gasteiger partial charge in [0.25, 0.3) is 0 Å². The molecule has 2 N–H and O–H groups in total. The molecule has 28 heavy (non-hydrogen) atoms. The number of nitrogens with one attached hydrogen (secondary N) is 1. The highest BCUT2D eigenvalue weighted by atomic mass is 16.3. The number of rotatable bonds is 6. The Balaban J connectivity index is 1.42. The maximum atomic E-state index is 12.4. The lowest BCUT2D eigenvalue weighted by Gasteiger charge is -2.16. The van der Waals surface area contributed by atoms with Gasteiger partial charge in [-0.25, -0.2) is 0 Å². The number of fused-ring (bicyclic) bond motifs is 1. The number of hydrogen-bond acceptors (Lipinski definition) is 3. The monoisotopic (exact) mass is 376 g/mol. The second kappa shape index (κ2) is 8.19. The van der Waals surface area contributed by atoms with Gasteiger partial charge in [-0.05, 0) is 92.2 Å². The van der Waals surface area contributed by atoms with Gasteiger partial charge in [-0.3, -0.25) is 4.79 Å². The van der Waals surface area contributed by atoms with Crippen molar-refractivity contribution >= 4 is 17.2 Å². The van der Waals surface area contributed by atoms with Gasteiger partial charge in [-0.2, -0.15) is 0 Å². The molecule has 2 aromatic rings. The summed E-state index contributed by atoms with van der Waals surface area (Å²) in [5, 5.41) is 12.4. The Morgan fingerprint density at radius 2 is 1.86 bits per heavy atom. The molecule has 2 aliphatic rings. The van der Waals surface area contributed by atoms with E-state index in [-0.39, 0.29) is 11.7 Å². The number of allylic oxidation sites excluding steroid dienone is 1. The summed E-state index contributed by atoms with van der Waals surface area (Å²) >= 11 is 0. The number of phenolic OH excluding ortho intramolecular Hbond substituents is 1. The quantitative estimate of drug-likeness (QED) is 0.786. The summed E-state index contributed by atoms with van der Waals surface area (Å²) in [5.74, 6) is 0.175. The van der Waals surface area contributed by atoms with E-state index in [2.05, 4.69) is 29.3 Å². The maximum absolute atomic E-state index is 12.4. The highest BCUT2D eigenvalue weighted by molar-refractivity contribution is 5.93. The molecule has 0 bridgehead atoms. The van der Waals surface area contributed by atoms with Crippen LogP contribution in [0.1, 0.15) is 42.9 Å². The molecule has 1 aliphatic carbocycles. The van der Waals surface area contributed by atoms with Crippen molar-refractivity contribution in [2.75, 3.05) is 25.0 Å². The van der Waals surface area contributed by atoms with Crippen LogP contribution in [0.4, 0.5) is 5.69 Å². The standard InChI is InChI=1S/C24H28N2O2/c1-17-14-19-6-7-20(25-24(28)15-18-4-8-21(27)9-5-18)16-23(19)22(17)10-13-26-11-2-3-12-26/h4-9,16,27H,2-3,10-15H2,1H3,(H,25,28). The van der Waals surface area contributed by atoms with E-state index in [4.69, 9.17) is 0 Å². The highest BCUT2D eigenvalue weighted by Crippen LogP contribution is 2.36. The molecule has 2 aromatic carbocycles. The number of phenols is 1. The first-order valence-corrected chi connectivity index (χ1v) is 10.2. The van der Waals surface area contributed by atoms with E-state index in [1.54, 1.807) is 24.3 Å². The first-order chi connectivity index (χ1) is 13.6. The lowest BCUT2D eigenvalue weighted by atomic mass is 10.0. The number of anilines is 1. The molecule has 1 amide bonds. The Morgan fingerprint density at radius 3 is 2.61 bits per heavy atom. The van der Waals surface area contributed by atoms with Crippen LogP contribution in [0.2, 0.25) is 0 Å². The Kier molecular flexibility index (Phi) is 5.49. The summed E-state index contributed by atoms with van der Waals surface area (Å²) in [6.45, 7) is 5.82. The molecule has 0 atom stereocenters. The SMILES string of the molecule is CC1=C(CCN2CCCC2)c2cc(NC(=O)Cc3ccc(O)cc3)ccc2C1. The Morgan fingerprint density at radius 1 is 1.11 bits per heavy atom. The smallest absolute Gasteiger partial charge is 0.228 e. The van der Waals surface area contributed by atoms with Crippen molar-refractivity contribution in [1.82, 2.24) is 4.90 Å². The zero-order valence-corrected chi connectivity index (χ0v) is 16.5. The van der Waals surface area contributed by atoms with E-state index >= 15 is 0 Å². The van der Waals surface area contributed by atoms with Crippen molar-refractivity contribution in [1.29, 1.82) is 0 Å². The largest absolute Gasteiger partial charge is 0.508 e. The molecule has 1 saturated heterocycles. The number of amides is 1. The number of nitrogens with zero attached hydrogens (tertiary/aromatic N) is 1. The minimum atomic E-state index is -0.0389. The van der Waals surface area contributed by atoms with Gasteiger partial charge < -0.3 is 15.3 Å². The van der Waals surface area contributed by atoms with E-state index in [9.17, 15) is 9.90 Å². The normalized spacial score (nSPS) is 16.5. The summed E-state index contributed by atoms with van der Waals surface area (Å²) in [6.07, 6.45) is 5.06. The molecule has 1 aliphatic heterocycles. The van der Waals surface area contributed by atoms with Crippen molar-refractivity contribution in [3.05, 3.63) is 64.7 Å². The molecule has 0 aromatic heterocycles. The van der Waals surface area contributed by atoms with Crippen LogP contribution in [0.3, 0.4) is 0 Å². The number of aromatic hydroxyl groups is 1. The summed E-state index contributed by atoms with van der Waals surface area (Å²) in [4.78, 5) is 15.0. The van der Waals surface area contributed by atoms with Gasteiger partial charge in [0.1, 0.15) is 5.75 Å². The van der Waals surface area contributed by atoms with Gasteiger partial charge in [0.05, 0.1) is 6.42 Å². The van der Waals surface area contributed by atoms with E-state index in [0.717, 1.165) is 30.6 Å². The zero-order chi connectivity index (χ0) is 19.5. The number of carbonyl (C=O) groups excluding carboxylic acids is 1. The fraction of sp³-hybridized carbons (Fsp3) is 0.375. The predicted octanol–water partition coefficient (Wildman–Crippen LogP) is 4.39. The third-order valence-electron chi connectivity index (χ3n) is 5.87. The summed E-state index contributed by atoms with van der Waals surface area (Å²) in [5.41, 5.74) is 7.33. The van der Waals surface area contributed by atoms with Gasteiger partial charge >= 0.3 is 0 Å². The average molecular weight is 377 g/mol. The molecule has 146 valence electrons. The Labute approximate surface area is 166 Å². The predicted molar refractivity (Wildman–Crippen MR) is 113 cm³/mol. The van der Waals surface area contributed by atoms with E-state index in [1.165, 1.54) is 48.2 Å². The van der Waals surface area contributed by atoms with E-state index in [0.29, 0.717) is 6.42 Å². The minimum absolute atomic E-state index is 0.0389. The van der Waals surface area contributed by atoms with Crippen molar-refractivity contribution in [3.8, 4) is 5.75 Å². The van der Waals surface area contributed by atoms with Gasteiger partial charge in [0.15, 0.2) is 0 Å². The van der Waals surface area contributed by atoms with Crippen LogP contribution < -0.4 is 5.32 Å². The summed E-state index contributed by atoms with van der Waals surface area (Å²) in [7, 11) is 0. The van der Waals surface area contributed by atoms with Crippen LogP contribution in [-0.2, 0) is 17.6 Å². The fourth-order valence-electron chi connectivity index (χ4n) is 4.34. The third kappa shape index (κ3) is 4.28. The molecule has 4 heteroatoms. The lowest BCUT2D eigenvalue weighted by molar-refractivity contribution is -0.115. The van der Waals surface area contributed by atoms with Crippen LogP contribution in [0.25, 0.3) is 5.57 Å². The number of benzene rings is 2. The van der Waals surface area contributed by atoms with Crippen LogP contribution in [0.5, 0.6) is 5.75 Å². The zero-order valence-electron chi connectivity index (χ0n) is 16.5. The first-order valence-electron chi connectivity index (χ1n) is 10.2. The van der Waals surface area contributed by atoms with Crippen LogP contribution in [-0.4, -0.2) is 35.5 Å². The number of likely N-dealkylation sites (tertiary alicyclic amines) is 1. The van der Waals surface area contributed by atoms with Gasteiger partial charge in [-0.15, -0.1) is 0 Å². The Hall–Kier alpha value is -2.59. The number of hydrogen-bond donors (Lipinski definition) is 2. The summed E-state index contributed by atoms with van der Waals surface area (Å²) < 4.78 is 0. The van der Waals surface area contributed by atoms with Crippen LogP contribution in [0.15, 0.2) is 48.0 Å². The molecular weight excluding hydrogens is 348 g/mol. The average Bonchev–Trinajstić information content (AvgIpc) is 3.29. The molecular formula is C24H28N2O2. The molecule has 0 saturated carbocycles. The summed E-state index contributed by atoms with van der Waals surface area (Å²) in [6, 6.07) is 13.1. The maximum Gasteiger partial charge on any atom is 0.228 e. The molecule has 4 rings (SSSR count). The van der Waals surface area contributed by atoms with Crippen LogP contribution >= 0.6 is 0 Å². The van der Waals surface area contributed by atoms with Gasteiger partial charge in [0.2, 0.25) is 5.91 Å². The second-order valence-electron chi connectivity index (χ2n) is 8.00. The second-order valence-corrected chi connectivity index (χ2v) is 8.00. The molecule has 0 radical (unpaired) electrons. The van der Waals surface area contributed by atoms with Crippen molar-refractivity contribution < 1.29 is 9.90 Å². The molecule has 1 heterocycles. The van der Waals surface area contributed by atoms with Crippen LogP contribution in [0, 0.1) is 0 Å². The molecule has 0 spiro atoms. The molecule has 0 unspecified atom stereocenters. The van der Waals surface area contributed by atoms with Crippen molar-refractivity contribution in [3.63, 3.8) is 0 Å². The fourth-order valence-corrected chi connectivity index (χ4v) is 4.34. The third-order valence-corrected chi connectivity index (χ3v) is 5.87. The minimum Gasteiger partial charge on any atom is -0.508 e. The molecule has 1 fully saturated rings. The first kappa shape index (κ1) is 18.8. The van der Waals surface area contributed by atoms with E-state index in [1.807, 2.05) is 6.07 Å². The highest BCUT2D eigenvalue weighted by Gasteiger charge is 2.21. The van der Waals surface area contributed by atoms with Crippen molar-refractivity contribution in [2.24, 2.45) is 0 Å². The van der Waals surface area contributed by atoms with Gasteiger partial charge in [0, 0.05) is 12.2 Å². The van der Waals surface area contributed by atoms with Crippen molar-refractivity contribution in [2.45, 2.75) is 39.0 Å². The van der Waals surface area contributed by atoms with Gasteiger partial charge in [-0.1, -0.05) is 23.8 Å². The number of carbonyl (C=O) groups is 1. The molecule has 4 nitrogen and oxygen atoms in total. The lowest BCUT2D eigenvalue weighted by Crippen LogP contribution is -2.20. The van der Waals surface area contributed by atoms with E-state index < -0.39 is 0 Å². The Bertz CT molecular complexity index is 893.